The van der Waals surface area contributed by atoms with Crippen LogP contribution in [0.4, 0.5) is 0 Å². The summed E-state index contributed by atoms with van der Waals surface area (Å²) in [5.74, 6) is 1.52. The summed E-state index contributed by atoms with van der Waals surface area (Å²) in [5.41, 5.74) is 6.50. The molecule has 0 radical (unpaired) electrons. The maximum atomic E-state index is 2.35. The molecule has 0 saturated heterocycles. The van der Waals surface area contributed by atoms with Gasteiger partial charge in [0.2, 0.25) is 0 Å². The van der Waals surface area contributed by atoms with Gasteiger partial charge >= 0.3 is 23.1 Å². The Morgan fingerprint density at radius 3 is 1.15 bits per heavy atom. The minimum atomic E-state index is 0. The van der Waals surface area contributed by atoms with Gasteiger partial charge < -0.3 is 0 Å². The summed E-state index contributed by atoms with van der Waals surface area (Å²) in [6, 6.07) is 13.7. The van der Waals surface area contributed by atoms with Crippen molar-refractivity contribution >= 4 is 23.1 Å². The zero-order valence-electron chi connectivity index (χ0n) is 19.7. The van der Waals surface area contributed by atoms with Crippen LogP contribution in [0.15, 0.2) is 36.4 Å². The zero-order chi connectivity index (χ0) is 20.1. The van der Waals surface area contributed by atoms with E-state index in [9.17, 15) is 0 Å². The van der Waals surface area contributed by atoms with Crippen molar-refractivity contribution in [2.75, 3.05) is 0 Å². The van der Waals surface area contributed by atoms with E-state index in [-0.39, 0.29) is 23.1 Å². The van der Waals surface area contributed by atoms with E-state index in [0.717, 1.165) is 11.8 Å². The van der Waals surface area contributed by atoms with Gasteiger partial charge in [0, 0.05) is 0 Å². The van der Waals surface area contributed by atoms with E-state index >= 15 is 0 Å². The first-order valence-electron chi connectivity index (χ1n) is 10.3. The van der Waals surface area contributed by atoms with Gasteiger partial charge in [0.1, 0.15) is 0 Å². The average molecular weight is 379 g/mol. The Bertz CT molecular complexity index is 580. The van der Waals surface area contributed by atoms with Gasteiger partial charge in [-0.15, -0.1) is 0 Å². The molecule has 148 valence electrons. The molecule has 2 aromatic rings. The molecule has 0 saturated carbocycles. The third kappa shape index (κ3) is 9.99. The van der Waals surface area contributed by atoms with E-state index in [0.29, 0.717) is 10.8 Å². The Morgan fingerprint density at radius 1 is 0.667 bits per heavy atom. The van der Waals surface area contributed by atoms with E-state index in [1.807, 2.05) is 0 Å². The van der Waals surface area contributed by atoms with Gasteiger partial charge in [-0.3, -0.25) is 0 Å². The van der Waals surface area contributed by atoms with Crippen molar-refractivity contribution in [3.63, 3.8) is 0 Å². The van der Waals surface area contributed by atoms with Crippen LogP contribution in [0, 0.1) is 11.8 Å². The molecule has 2 rings (SSSR count). The summed E-state index contributed by atoms with van der Waals surface area (Å²) in [7, 11) is 0. The van der Waals surface area contributed by atoms with Gasteiger partial charge in [-0.05, 0) is 0 Å². The topological polar surface area (TPSA) is 0 Å². The van der Waals surface area contributed by atoms with Crippen LogP contribution in [0.3, 0.4) is 0 Å². The summed E-state index contributed by atoms with van der Waals surface area (Å²) in [4.78, 5) is 0. The van der Waals surface area contributed by atoms with Crippen molar-refractivity contribution in [1.29, 1.82) is 0 Å². The van der Waals surface area contributed by atoms with Crippen molar-refractivity contribution in [2.45, 2.75) is 92.9 Å². The Morgan fingerprint density at radius 2 is 0.963 bits per heavy atom. The Hall–Kier alpha value is -0.534. The molecule has 0 aliphatic carbocycles. The quantitative estimate of drug-likeness (QED) is 0.383. The van der Waals surface area contributed by atoms with E-state index < -0.39 is 0 Å². The predicted molar refractivity (Wildman–Crippen MR) is 124 cm³/mol. The van der Waals surface area contributed by atoms with Gasteiger partial charge in [0.25, 0.3) is 0 Å². The minimum absolute atomic E-state index is 0. The zero-order valence-corrected chi connectivity index (χ0v) is 21.2. The van der Waals surface area contributed by atoms with Crippen LogP contribution in [-0.4, -0.2) is 23.1 Å². The number of hydrogen-bond acceptors (Lipinski definition) is 0. The SMILES string of the molecule is CC(C)C[c-]1ccc(C(C)(C)C)c1.CC(C)C[c-]1ccc(C(C)(C)C)c1.[Mg+2]. The molecule has 0 spiro atoms. The van der Waals surface area contributed by atoms with E-state index in [4.69, 9.17) is 0 Å². The van der Waals surface area contributed by atoms with Crippen LogP contribution in [-0.2, 0) is 23.7 Å². The van der Waals surface area contributed by atoms with Gasteiger partial charge in [0.15, 0.2) is 0 Å². The van der Waals surface area contributed by atoms with Gasteiger partial charge in [-0.2, -0.15) is 46.5 Å². The molecule has 0 aliphatic heterocycles. The molecule has 27 heavy (non-hydrogen) atoms. The van der Waals surface area contributed by atoms with Crippen molar-refractivity contribution in [3.05, 3.63) is 58.7 Å². The second-order valence-corrected chi connectivity index (χ2v) is 10.7. The smallest absolute Gasteiger partial charge is 0.210 e. The van der Waals surface area contributed by atoms with Crippen molar-refractivity contribution in [1.82, 2.24) is 0 Å². The molecule has 0 N–H and O–H groups in total. The Kier molecular flexibility index (Phi) is 10.6. The standard InChI is InChI=1S/2C13H21.Mg/c2*1-10(2)8-11-6-7-12(9-11)13(3,4)5;/h2*6-7,9-10H,8H2,1-5H3;/q2*-1;+2. The molecule has 0 amide bonds. The van der Waals surface area contributed by atoms with Crippen LogP contribution in [0.25, 0.3) is 0 Å². The number of rotatable bonds is 4. The second kappa shape index (κ2) is 10.9. The van der Waals surface area contributed by atoms with E-state index in [1.54, 1.807) is 0 Å². The summed E-state index contributed by atoms with van der Waals surface area (Å²) >= 11 is 0. The minimum Gasteiger partial charge on any atom is -0.210 e. The number of hydrogen-bond donors (Lipinski definition) is 0. The summed E-state index contributed by atoms with van der Waals surface area (Å²) in [6.07, 6.45) is 2.41. The van der Waals surface area contributed by atoms with Gasteiger partial charge in [0.05, 0.1) is 0 Å². The maximum Gasteiger partial charge on any atom is 2.00 e. The largest absolute Gasteiger partial charge is 2.00 e. The molecule has 0 nitrogen and oxygen atoms in total. The third-order valence-electron chi connectivity index (χ3n) is 4.66. The van der Waals surface area contributed by atoms with Crippen LogP contribution >= 0.6 is 0 Å². The predicted octanol–water partition coefficient (Wildman–Crippen LogP) is 7.42. The molecule has 0 atom stereocenters. The molecule has 0 aliphatic rings. The molecule has 2 aromatic carbocycles. The Balaban J connectivity index is 0.000000483. The fourth-order valence-electron chi connectivity index (χ4n) is 3.12. The molecule has 0 unspecified atom stereocenters. The van der Waals surface area contributed by atoms with E-state index in [2.05, 4.69) is 106 Å². The first-order valence-corrected chi connectivity index (χ1v) is 10.3. The molecule has 0 heterocycles. The second-order valence-electron chi connectivity index (χ2n) is 10.7. The Labute approximate surface area is 186 Å². The van der Waals surface area contributed by atoms with Crippen molar-refractivity contribution in [2.24, 2.45) is 11.8 Å². The fourth-order valence-corrected chi connectivity index (χ4v) is 3.12. The van der Waals surface area contributed by atoms with Gasteiger partial charge in [-0.25, -0.2) is 12.1 Å². The molecule has 1 heteroatoms. The fraction of sp³-hybridized carbons (Fsp3) is 0.615. The van der Waals surface area contributed by atoms with Gasteiger partial charge in [-0.1, -0.05) is 105 Å². The van der Waals surface area contributed by atoms with Crippen LogP contribution in [0.5, 0.6) is 0 Å². The van der Waals surface area contributed by atoms with E-state index in [1.165, 1.54) is 35.1 Å². The summed E-state index contributed by atoms with van der Waals surface area (Å²) in [5, 5.41) is 0. The third-order valence-corrected chi connectivity index (χ3v) is 4.66. The maximum absolute atomic E-state index is 2.35. The van der Waals surface area contributed by atoms with Crippen LogP contribution in [0.2, 0.25) is 0 Å². The molecule has 0 bridgehead atoms. The summed E-state index contributed by atoms with van der Waals surface area (Å²) < 4.78 is 0. The average Bonchev–Trinajstić information content (AvgIpc) is 3.06. The van der Waals surface area contributed by atoms with Crippen LogP contribution in [0.1, 0.15) is 91.5 Å². The summed E-state index contributed by atoms with van der Waals surface area (Å²) in [6.45, 7) is 22.7. The van der Waals surface area contributed by atoms with Crippen LogP contribution < -0.4 is 0 Å². The monoisotopic (exact) mass is 378 g/mol. The molecule has 0 aromatic heterocycles. The normalized spacial score (nSPS) is 12.0. The molecular formula is C26H42Mg. The van der Waals surface area contributed by atoms with Crippen molar-refractivity contribution in [3.8, 4) is 0 Å². The van der Waals surface area contributed by atoms with Crippen molar-refractivity contribution < 1.29 is 0 Å². The first-order chi connectivity index (χ1) is 11.8. The molecular weight excluding hydrogens is 337 g/mol. The first kappa shape index (κ1) is 26.5. The molecule has 0 fully saturated rings.